The molecule has 2 aromatic rings. The molecule has 0 fully saturated rings. The topological polar surface area (TPSA) is 61.6 Å². The Balaban J connectivity index is 2.07. The van der Waals surface area contributed by atoms with Crippen molar-refractivity contribution in [2.75, 3.05) is 5.32 Å². The third-order valence-corrected chi connectivity index (χ3v) is 3.08. The van der Waals surface area contributed by atoms with Gasteiger partial charge in [-0.25, -0.2) is 9.97 Å². The lowest BCUT2D eigenvalue weighted by Gasteiger charge is -2.19. The van der Waals surface area contributed by atoms with E-state index in [2.05, 4.69) is 60.3 Å². The maximum atomic E-state index is 8.95. The Labute approximate surface area is 119 Å². The van der Waals surface area contributed by atoms with E-state index in [0.717, 1.165) is 5.56 Å². The van der Waals surface area contributed by atoms with Gasteiger partial charge in [0, 0.05) is 18.9 Å². The molecule has 2 rings (SSSR count). The molecule has 0 saturated carbocycles. The number of rotatable bonds is 3. The fourth-order valence-corrected chi connectivity index (χ4v) is 1.86. The first kappa shape index (κ1) is 14.0. The highest BCUT2D eigenvalue weighted by molar-refractivity contribution is 5.47. The van der Waals surface area contributed by atoms with E-state index in [9.17, 15) is 0 Å². The van der Waals surface area contributed by atoms with E-state index >= 15 is 0 Å². The number of benzene rings is 1. The van der Waals surface area contributed by atoms with Crippen LogP contribution in [0.5, 0.6) is 0 Å². The van der Waals surface area contributed by atoms with Gasteiger partial charge in [0.25, 0.3) is 0 Å². The molecule has 4 nitrogen and oxygen atoms in total. The number of aromatic nitrogens is 2. The maximum absolute atomic E-state index is 8.95. The second-order valence-electron chi connectivity index (χ2n) is 5.67. The zero-order valence-corrected chi connectivity index (χ0v) is 12.0. The predicted molar refractivity (Wildman–Crippen MR) is 79.2 cm³/mol. The summed E-state index contributed by atoms with van der Waals surface area (Å²) in [5, 5.41) is 12.1. The molecule has 0 aliphatic heterocycles. The molecule has 0 bridgehead atoms. The van der Waals surface area contributed by atoms with Crippen LogP contribution in [0.4, 0.5) is 5.82 Å². The first-order valence-electron chi connectivity index (χ1n) is 6.55. The summed E-state index contributed by atoms with van der Waals surface area (Å²) >= 11 is 0. The molecular formula is C16H18N4. The Hall–Kier alpha value is -2.41. The number of hydrogen-bond acceptors (Lipinski definition) is 4. The molecule has 1 aromatic heterocycles. The van der Waals surface area contributed by atoms with E-state index in [4.69, 9.17) is 5.26 Å². The molecule has 0 saturated heterocycles. The highest BCUT2D eigenvalue weighted by Crippen LogP contribution is 2.22. The summed E-state index contributed by atoms with van der Waals surface area (Å²) in [6, 6.07) is 10.5. The van der Waals surface area contributed by atoms with Gasteiger partial charge in [-0.15, -0.1) is 0 Å². The Morgan fingerprint density at radius 3 is 2.35 bits per heavy atom. The minimum absolute atomic E-state index is 0.158. The van der Waals surface area contributed by atoms with Crippen molar-refractivity contribution in [3.05, 3.63) is 53.5 Å². The molecule has 102 valence electrons. The second-order valence-corrected chi connectivity index (χ2v) is 5.67. The first-order valence-corrected chi connectivity index (χ1v) is 6.55. The number of anilines is 1. The monoisotopic (exact) mass is 266 g/mol. The van der Waals surface area contributed by atoms with Crippen LogP contribution in [0.1, 0.15) is 37.6 Å². The van der Waals surface area contributed by atoms with Crippen molar-refractivity contribution < 1.29 is 0 Å². The van der Waals surface area contributed by atoms with Gasteiger partial charge in [-0.2, -0.15) is 5.26 Å². The zero-order chi connectivity index (χ0) is 14.6. The Morgan fingerprint density at radius 1 is 1.10 bits per heavy atom. The highest BCUT2D eigenvalue weighted by Gasteiger charge is 2.12. The van der Waals surface area contributed by atoms with E-state index in [0.29, 0.717) is 18.1 Å². The fourth-order valence-electron chi connectivity index (χ4n) is 1.86. The summed E-state index contributed by atoms with van der Waals surface area (Å²) in [6.07, 6.45) is 3.09. The van der Waals surface area contributed by atoms with E-state index in [1.165, 1.54) is 11.8 Å². The minimum atomic E-state index is 0.158. The van der Waals surface area contributed by atoms with Crippen molar-refractivity contribution in [2.45, 2.75) is 32.7 Å². The van der Waals surface area contributed by atoms with Crippen LogP contribution in [-0.4, -0.2) is 9.97 Å². The molecule has 0 aliphatic rings. The number of hydrogen-bond donors (Lipinski definition) is 1. The first-order chi connectivity index (χ1) is 9.50. The molecule has 0 unspecified atom stereocenters. The normalized spacial score (nSPS) is 10.9. The zero-order valence-electron chi connectivity index (χ0n) is 12.0. The van der Waals surface area contributed by atoms with E-state index in [-0.39, 0.29) is 5.41 Å². The van der Waals surface area contributed by atoms with Gasteiger partial charge >= 0.3 is 0 Å². The van der Waals surface area contributed by atoms with Gasteiger partial charge in [0.15, 0.2) is 11.5 Å². The van der Waals surface area contributed by atoms with Crippen LogP contribution in [0.15, 0.2) is 36.7 Å². The maximum Gasteiger partial charge on any atom is 0.182 e. The lowest BCUT2D eigenvalue weighted by atomic mass is 9.87. The van der Waals surface area contributed by atoms with E-state index in [1.807, 2.05) is 6.07 Å². The van der Waals surface area contributed by atoms with Crippen LogP contribution in [0, 0.1) is 11.3 Å². The van der Waals surface area contributed by atoms with Gasteiger partial charge in [0.05, 0.1) is 0 Å². The van der Waals surface area contributed by atoms with Crippen LogP contribution < -0.4 is 5.32 Å². The Morgan fingerprint density at radius 2 is 1.75 bits per heavy atom. The van der Waals surface area contributed by atoms with Gasteiger partial charge in [-0.05, 0) is 16.5 Å². The molecule has 1 N–H and O–H groups in total. The molecule has 4 heteroatoms. The van der Waals surface area contributed by atoms with Gasteiger partial charge in [0.1, 0.15) is 6.07 Å². The second kappa shape index (κ2) is 5.70. The number of nitriles is 1. The molecule has 0 radical (unpaired) electrons. The third-order valence-electron chi connectivity index (χ3n) is 3.08. The van der Waals surface area contributed by atoms with Crippen LogP contribution in [-0.2, 0) is 12.0 Å². The van der Waals surface area contributed by atoms with Gasteiger partial charge in [-0.1, -0.05) is 45.0 Å². The summed E-state index contributed by atoms with van der Waals surface area (Å²) < 4.78 is 0. The molecule has 0 spiro atoms. The molecular weight excluding hydrogens is 248 g/mol. The SMILES string of the molecule is CC(C)(C)c1ccc(CNc2nccnc2C#N)cc1. The Kier molecular flexibility index (Phi) is 3.99. The molecule has 0 atom stereocenters. The lowest BCUT2D eigenvalue weighted by Crippen LogP contribution is -2.11. The van der Waals surface area contributed by atoms with Crippen LogP contribution in [0.3, 0.4) is 0 Å². The average Bonchev–Trinajstić information content (AvgIpc) is 2.45. The predicted octanol–water partition coefficient (Wildman–Crippen LogP) is 3.26. The average molecular weight is 266 g/mol. The standard InChI is InChI=1S/C16H18N4/c1-16(2,3)13-6-4-12(5-7-13)11-20-15-14(10-17)18-8-9-19-15/h4-9H,11H2,1-3H3,(H,19,20). The molecule has 0 aliphatic carbocycles. The summed E-state index contributed by atoms with van der Waals surface area (Å²) in [6.45, 7) is 7.20. The molecule has 0 amide bonds. The smallest absolute Gasteiger partial charge is 0.182 e. The van der Waals surface area contributed by atoms with E-state index in [1.54, 1.807) is 6.20 Å². The van der Waals surface area contributed by atoms with Crippen molar-refractivity contribution in [1.29, 1.82) is 5.26 Å². The number of nitrogens with one attached hydrogen (secondary N) is 1. The fraction of sp³-hybridized carbons (Fsp3) is 0.312. The van der Waals surface area contributed by atoms with Gasteiger partial charge in [0.2, 0.25) is 0 Å². The van der Waals surface area contributed by atoms with Crippen LogP contribution in [0.2, 0.25) is 0 Å². The number of nitrogens with zero attached hydrogens (tertiary/aromatic N) is 3. The van der Waals surface area contributed by atoms with Crippen molar-refractivity contribution in [1.82, 2.24) is 9.97 Å². The van der Waals surface area contributed by atoms with Crippen molar-refractivity contribution in [3.8, 4) is 6.07 Å². The van der Waals surface area contributed by atoms with Crippen LogP contribution >= 0.6 is 0 Å². The summed E-state index contributed by atoms with van der Waals surface area (Å²) in [5.74, 6) is 0.523. The van der Waals surface area contributed by atoms with Gasteiger partial charge in [-0.3, -0.25) is 0 Å². The summed E-state index contributed by atoms with van der Waals surface area (Å²) in [7, 11) is 0. The summed E-state index contributed by atoms with van der Waals surface area (Å²) in [5.41, 5.74) is 2.93. The largest absolute Gasteiger partial charge is 0.364 e. The molecule has 1 heterocycles. The van der Waals surface area contributed by atoms with Crippen molar-refractivity contribution >= 4 is 5.82 Å². The minimum Gasteiger partial charge on any atom is -0.364 e. The molecule has 1 aromatic carbocycles. The lowest BCUT2D eigenvalue weighted by molar-refractivity contribution is 0.590. The molecule has 20 heavy (non-hydrogen) atoms. The van der Waals surface area contributed by atoms with Gasteiger partial charge < -0.3 is 5.32 Å². The quantitative estimate of drug-likeness (QED) is 0.926. The van der Waals surface area contributed by atoms with Crippen LogP contribution in [0.25, 0.3) is 0 Å². The van der Waals surface area contributed by atoms with E-state index < -0.39 is 0 Å². The third kappa shape index (κ3) is 3.33. The summed E-state index contributed by atoms with van der Waals surface area (Å²) in [4.78, 5) is 8.10. The highest BCUT2D eigenvalue weighted by atomic mass is 15.0. The Bertz CT molecular complexity index is 618. The van der Waals surface area contributed by atoms with Crippen molar-refractivity contribution in [2.24, 2.45) is 0 Å². The van der Waals surface area contributed by atoms with Crippen molar-refractivity contribution in [3.63, 3.8) is 0 Å².